The average molecular weight is 76.1 g/mol. The molecule has 30 valence electrons. The van der Waals surface area contributed by atoms with Crippen LogP contribution in [0.3, 0.4) is 0 Å². The van der Waals surface area contributed by atoms with E-state index in [1.54, 1.807) is 0 Å². The van der Waals surface area contributed by atoms with Crippen LogP contribution in [0, 0.1) is 0 Å². The third kappa shape index (κ3) is 0.555. The Kier molecular flexibility index (Phi) is 0.806. The smallest absolute Gasteiger partial charge is 0.190 e. The van der Waals surface area contributed by atoms with Gasteiger partial charge in [0.15, 0.2) is 6.79 Å². The summed E-state index contributed by atoms with van der Waals surface area (Å²) in [6.45, 7) is 0.278. The molecular formula is CH4N2O2. The number of hydrogen-bond acceptors (Lipinski definition) is 4. The SMILES string of the molecule is C1ONNO1. The molecule has 0 aromatic carbocycles. The molecule has 0 saturated carbocycles. The van der Waals surface area contributed by atoms with Crippen LogP contribution < -0.4 is 11.2 Å². The van der Waals surface area contributed by atoms with Gasteiger partial charge in [0.1, 0.15) is 0 Å². The average Bonchev–Trinajstić information content (AvgIpc) is 1.76. The fraction of sp³-hybridized carbons (Fsp3) is 1.00. The van der Waals surface area contributed by atoms with E-state index in [1.165, 1.54) is 0 Å². The Morgan fingerprint density at radius 3 is 2.00 bits per heavy atom. The molecule has 1 aliphatic heterocycles. The predicted octanol–water partition coefficient (Wildman–Crippen LogP) is -1.09. The van der Waals surface area contributed by atoms with Crippen LogP contribution in [0.5, 0.6) is 0 Å². The van der Waals surface area contributed by atoms with Crippen molar-refractivity contribution in [2.75, 3.05) is 6.79 Å². The number of rotatable bonds is 0. The highest BCUT2D eigenvalue weighted by atomic mass is 16.9. The Morgan fingerprint density at radius 1 is 1.20 bits per heavy atom. The number of hydrogen-bond donors (Lipinski definition) is 2. The van der Waals surface area contributed by atoms with E-state index >= 15 is 0 Å². The quantitative estimate of drug-likeness (QED) is 0.385. The van der Waals surface area contributed by atoms with Crippen molar-refractivity contribution in [3.63, 3.8) is 0 Å². The first-order valence-corrected chi connectivity index (χ1v) is 1.24. The molecule has 5 heavy (non-hydrogen) atoms. The van der Waals surface area contributed by atoms with Crippen LogP contribution in [0.2, 0.25) is 0 Å². The fourth-order valence-corrected chi connectivity index (χ4v) is 0.147. The van der Waals surface area contributed by atoms with E-state index in [0.29, 0.717) is 0 Å². The van der Waals surface area contributed by atoms with Gasteiger partial charge >= 0.3 is 0 Å². The van der Waals surface area contributed by atoms with E-state index in [9.17, 15) is 0 Å². The second-order valence-corrected chi connectivity index (χ2v) is 0.611. The highest BCUT2D eigenvalue weighted by Crippen LogP contribution is 1.70. The summed E-state index contributed by atoms with van der Waals surface area (Å²) in [5.41, 5.74) is 4.50. The summed E-state index contributed by atoms with van der Waals surface area (Å²) in [4.78, 5) is 8.72. The summed E-state index contributed by atoms with van der Waals surface area (Å²) >= 11 is 0. The second kappa shape index (κ2) is 1.32. The Morgan fingerprint density at radius 2 is 1.80 bits per heavy atom. The largest absolute Gasteiger partial charge is 0.255 e. The fourth-order valence-electron chi connectivity index (χ4n) is 0.147. The summed E-state index contributed by atoms with van der Waals surface area (Å²) < 4.78 is 0. The molecule has 0 unspecified atom stereocenters. The molecule has 0 aromatic heterocycles. The minimum Gasteiger partial charge on any atom is -0.255 e. The van der Waals surface area contributed by atoms with Crippen LogP contribution in [0.1, 0.15) is 0 Å². The van der Waals surface area contributed by atoms with Crippen molar-refractivity contribution in [1.82, 2.24) is 11.2 Å². The van der Waals surface area contributed by atoms with Gasteiger partial charge in [-0.05, 0) is 0 Å². The Bertz CT molecular complexity index is 19.2. The van der Waals surface area contributed by atoms with Gasteiger partial charge in [0, 0.05) is 0 Å². The van der Waals surface area contributed by atoms with Gasteiger partial charge in [-0.25, -0.2) is 0 Å². The summed E-state index contributed by atoms with van der Waals surface area (Å²) in [6, 6.07) is 0. The van der Waals surface area contributed by atoms with Gasteiger partial charge in [-0.3, -0.25) is 9.68 Å². The zero-order valence-electron chi connectivity index (χ0n) is 2.52. The van der Waals surface area contributed by atoms with Crippen LogP contribution in [0.15, 0.2) is 0 Å². The number of hydrazine groups is 1. The summed E-state index contributed by atoms with van der Waals surface area (Å²) in [5, 5.41) is 0. The Balaban J connectivity index is 2.08. The molecule has 4 heteroatoms. The van der Waals surface area contributed by atoms with Crippen LogP contribution in [0.25, 0.3) is 0 Å². The topological polar surface area (TPSA) is 42.5 Å². The minimum absolute atomic E-state index is 0.278. The van der Waals surface area contributed by atoms with Gasteiger partial charge in [-0.2, -0.15) is 0 Å². The first kappa shape index (κ1) is 3.05. The maximum atomic E-state index is 4.36. The highest BCUT2D eigenvalue weighted by molar-refractivity contribution is 3.98. The first-order chi connectivity index (χ1) is 2.50. The molecule has 0 aliphatic carbocycles. The molecule has 0 atom stereocenters. The third-order valence-corrected chi connectivity index (χ3v) is 0.304. The van der Waals surface area contributed by atoms with Crippen LogP contribution in [-0.4, -0.2) is 6.79 Å². The highest BCUT2D eigenvalue weighted by Gasteiger charge is 1.90. The minimum atomic E-state index is 0.278. The third-order valence-electron chi connectivity index (χ3n) is 0.304. The molecule has 2 N–H and O–H groups in total. The van der Waals surface area contributed by atoms with Gasteiger partial charge in [0.25, 0.3) is 0 Å². The maximum Gasteiger partial charge on any atom is 0.190 e. The van der Waals surface area contributed by atoms with Gasteiger partial charge in [-0.15, -0.1) is 11.2 Å². The normalized spacial score (nSPS) is 24.0. The molecule has 0 aromatic rings. The van der Waals surface area contributed by atoms with Crippen LogP contribution >= 0.6 is 0 Å². The summed E-state index contributed by atoms with van der Waals surface area (Å²) in [7, 11) is 0. The van der Waals surface area contributed by atoms with Gasteiger partial charge in [-0.1, -0.05) is 0 Å². The lowest BCUT2D eigenvalue weighted by Crippen LogP contribution is -2.18. The van der Waals surface area contributed by atoms with Crippen molar-refractivity contribution in [2.24, 2.45) is 0 Å². The van der Waals surface area contributed by atoms with Crippen molar-refractivity contribution in [2.45, 2.75) is 0 Å². The van der Waals surface area contributed by atoms with E-state index in [0.717, 1.165) is 0 Å². The summed E-state index contributed by atoms with van der Waals surface area (Å²) in [5.74, 6) is 0. The van der Waals surface area contributed by atoms with Gasteiger partial charge in [0.05, 0.1) is 0 Å². The van der Waals surface area contributed by atoms with E-state index in [4.69, 9.17) is 0 Å². The standard InChI is InChI=1S/CH4N2O2/c1-4-2-3-5-1/h2-3H,1H2. The van der Waals surface area contributed by atoms with Gasteiger partial charge in [0.2, 0.25) is 0 Å². The van der Waals surface area contributed by atoms with Crippen molar-refractivity contribution in [1.29, 1.82) is 0 Å². The lowest BCUT2D eigenvalue weighted by Gasteiger charge is -1.77. The van der Waals surface area contributed by atoms with Crippen LogP contribution in [0.4, 0.5) is 0 Å². The predicted molar refractivity (Wildman–Crippen MR) is 13.3 cm³/mol. The molecular weight excluding hydrogens is 72.0 g/mol. The van der Waals surface area contributed by atoms with Crippen LogP contribution in [-0.2, 0) is 9.68 Å². The molecule has 0 radical (unpaired) electrons. The molecule has 0 bridgehead atoms. The second-order valence-electron chi connectivity index (χ2n) is 0.611. The Labute approximate surface area is 28.9 Å². The zero-order valence-corrected chi connectivity index (χ0v) is 2.52. The lowest BCUT2D eigenvalue weighted by atomic mass is 11.5. The van der Waals surface area contributed by atoms with E-state index in [-0.39, 0.29) is 6.79 Å². The molecule has 1 aliphatic rings. The Hall–Kier alpha value is -0.160. The molecule has 1 saturated heterocycles. The molecule has 4 nitrogen and oxygen atoms in total. The van der Waals surface area contributed by atoms with E-state index < -0.39 is 0 Å². The molecule has 0 spiro atoms. The molecule has 1 rings (SSSR count). The van der Waals surface area contributed by atoms with Crippen molar-refractivity contribution in [3.05, 3.63) is 0 Å². The summed E-state index contributed by atoms with van der Waals surface area (Å²) in [6.07, 6.45) is 0. The van der Waals surface area contributed by atoms with E-state index in [2.05, 4.69) is 20.9 Å². The van der Waals surface area contributed by atoms with E-state index in [1.807, 2.05) is 0 Å². The lowest BCUT2D eigenvalue weighted by molar-refractivity contribution is 0.0323. The van der Waals surface area contributed by atoms with Gasteiger partial charge < -0.3 is 0 Å². The maximum absolute atomic E-state index is 4.36. The first-order valence-electron chi connectivity index (χ1n) is 1.24. The molecule has 1 heterocycles. The zero-order chi connectivity index (χ0) is 3.54. The van der Waals surface area contributed by atoms with Crippen molar-refractivity contribution < 1.29 is 9.68 Å². The monoisotopic (exact) mass is 76.0 g/mol. The molecule has 1 fully saturated rings. The van der Waals surface area contributed by atoms with Crippen molar-refractivity contribution >= 4 is 0 Å². The molecule has 0 amide bonds. The van der Waals surface area contributed by atoms with Crippen molar-refractivity contribution in [3.8, 4) is 0 Å². The number of nitrogens with one attached hydrogen (secondary N) is 2.